The third-order valence-corrected chi connectivity index (χ3v) is 5.23. The number of carbonyl (C=O) groups excluding carboxylic acids is 2. The molecule has 1 saturated carbocycles. The predicted octanol–water partition coefficient (Wildman–Crippen LogP) is 0.814. The Balaban J connectivity index is 1.91. The summed E-state index contributed by atoms with van der Waals surface area (Å²) in [5.74, 6) is 0.0293. The van der Waals surface area contributed by atoms with Crippen molar-refractivity contribution in [2.45, 2.75) is 50.5 Å². The molecule has 5 heteroatoms. The molecule has 1 aliphatic carbocycles. The number of likely N-dealkylation sites (tertiary alicyclic amines) is 1. The van der Waals surface area contributed by atoms with Crippen molar-refractivity contribution >= 4 is 11.8 Å². The van der Waals surface area contributed by atoms with E-state index in [4.69, 9.17) is 10.5 Å². The topological polar surface area (TPSA) is 72.6 Å². The molecule has 3 rings (SSSR count). The van der Waals surface area contributed by atoms with Crippen LogP contribution in [0.15, 0.2) is 0 Å². The molecular weight excluding hydrogens is 244 g/mol. The summed E-state index contributed by atoms with van der Waals surface area (Å²) in [4.78, 5) is 26.8. The Labute approximate surface area is 113 Å². The van der Waals surface area contributed by atoms with Gasteiger partial charge in [0.2, 0.25) is 11.8 Å². The monoisotopic (exact) mass is 266 g/mol. The summed E-state index contributed by atoms with van der Waals surface area (Å²) < 4.78 is 5.37. The summed E-state index contributed by atoms with van der Waals surface area (Å²) in [6.45, 7) is 1.52. The largest absolute Gasteiger partial charge is 0.381 e. The van der Waals surface area contributed by atoms with Gasteiger partial charge in [0.1, 0.15) is 0 Å². The van der Waals surface area contributed by atoms with E-state index in [-0.39, 0.29) is 11.8 Å². The number of carbonyl (C=O) groups is 2. The third kappa shape index (κ3) is 1.82. The SMILES string of the molecule is NCC1(N2C(=O)CC3(CCCC3)C2=O)CCOCC1. The number of hydrogen-bond acceptors (Lipinski definition) is 4. The van der Waals surface area contributed by atoms with Crippen molar-refractivity contribution in [3.05, 3.63) is 0 Å². The maximum Gasteiger partial charge on any atom is 0.236 e. The summed E-state index contributed by atoms with van der Waals surface area (Å²) in [6.07, 6.45) is 5.61. The van der Waals surface area contributed by atoms with Gasteiger partial charge in [0.05, 0.1) is 11.0 Å². The molecule has 2 heterocycles. The number of rotatable bonds is 2. The van der Waals surface area contributed by atoms with Crippen LogP contribution >= 0.6 is 0 Å². The fourth-order valence-corrected chi connectivity index (χ4v) is 3.99. The highest BCUT2D eigenvalue weighted by Gasteiger charge is 2.58. The lowest BCUT2D eigenvalue weighted by molar-refractivity contribution is -0.152. The van der Waals surface area contributed by atoms with Gasteiger partial charge in [-0.3, -0.25) is 14.5 Å². The molecule has 2 N–H and O–H groups in total. The van der Waals surface area contributed by atoms with Crippen LogP contribution in [-0.2, 0) is 14.3 Å². The van der Waals surface area contributed by atoms with Crippen LogP contribution in [0.25, 0.3) is 0 Å². The van der Waals surface area contributed by atoms with E-state index in [9.17, 15) is 9.59 Å². The molecule has 0 aromatic carbocycles. The Morgan fingerprint density at radius 3 is 2.32 bits per heavy atom. The second kappa shape index (κ2) is 4.56. The lowest BCUT2D eigenvalue weighted by atomic mass is 9.83. The highest BCUT2D eigenvalue weighted by molar-refractivity contribution is 6.06. The Bertz CT molecular complexity index is 395. The minimum Gasteiger partial charge on any atom is -0.381 e. The van der Waals surface area contributed by atoms with E-state index in [1.54, 1.807) is 0 Å². The van der Waals surface area contributed by atoms with Gasteiger partial charge >= 0.3 is 0 Å². The number of nitrogens with zero attached hydrogens (tertiary/aromatic N) is 1. The van der Waals surface area contributed by atoms with Crippen molar-refractivity contribution in [2.75, 3.05) is 19.8 Å². The minimum absolute atomic E-state index is 0.0146. The van der Waals surface area contributed by atoms with Gasteiger partial charge in [-0.2, -0.15) is 0 Å². The van der Waals surface area contributed by atoms with Crippen LogP contribution in [0.2, 0.25) is 0 Å². The molecule has 0 radical (unpaired) electrons. The molecule has 3 aliphatic rings. The zero-order valence-electron chi connectivity index (χ0n) is 11.3. The van der Waals surface area contributed by atoms with Crippen molar-refractivity contribution in [3.63, 3.8) is 0 Å². The first kappa shape index (κ1) is 13.1. The van der Waals surface area contributed by atoms with Crippen LogP contribution in [0.1, 0.15) is 44.9 Å². The molecule has 0 bridgehead atoms. The molecule has 0 aromatic rings. The molecule has 0 atom stereocenters. The Kier molecular flexibility index (Phi) is 3.14. The zero-order valence-corrected chi connectivity index (χ0v) is 11.3. The van der Waals surface area contributed by atoms with Crippen molar-refractivity contribution in [2.24, 2.45) is 11.1 Å². The van der Waals surface area contributed by atoms with Crippen molar-refractivity contribution in [1.29, 1.82) is 0 Å². The van der Waals surface area contributed by atoms with Gasteiger partial charge in [-0.25, -0.2) is 0 Å². The van der Waals surface area contributed by atoms with Crippen LogP contribution in [-0.4, -0.2) is 42.0 Å². The summed E-state index contributed by atoms with van der Waals surface area (Å²) >= 11 is 0. The predicted molar refractivity (Wildman–Crippen MR) is 69.2 cm³/mol. The van der Waals surface area contributed by atoms with E-state index in [1.165, 1.54) is 4.90 Å². The molecule has 5 nitrogen and oxygen atoms in total. The van der Waals surface area contributed by atoms with Crippen molar-refractivity contribution < 1.29 is 14.3 Å². The van der Waals surface area contributed by atoms with E-state index in [0.29, 0.717) is 39.0 Å². The molecular formula is C14H22N2O3. The molecule has 1 spiro atoms. The average molecular weight is 266 g/mol. The van der Waals surface area contributed by atoms with Gasteiger partial charge in [0.25, 0.3) is 0 Å². The normalized spacial score (nSPS) is 29.4. The van der Waals surface area contributed by atoms with E-state index < -0.39 is 11.0 Å². The van der Waals surface area contributed by atoms with Crippen LogP contribution < -0.4 is 5.73 Å². The Hall–Kier alpha value is -0.940. The number of ether oxygens (including phenoxy) is 1. The Morgan fingerprint density at radius 1 is 1.11 bits per heavy atom. The fraction of sp³-hybridized carbons (Fsp3) is 0.857. The molecule has 2 amide bonds. The second-order valence-electron chi connectivity index (χ2n) is 6.24. The van der Waals surface area contributed by atoms with Crippen LogP contribution in [0, 0.1) is 5.41 Å². The number of nitrogens with two attached hydrogens (primary N) is 1. The van der Waals surface area contributed by atoms with Crippen LogP contribution in [0.4, 0.5) is 0 Å². The van der Waals surface area contributed by atoms with E-state index in [1.807, 2.05) is 0 Å². The van der Waals surface area contributed by atoms with Gasteiger partial charge < -0.3 is 10.5 Å². The van der Waals surface area contributed by atoms with E-state index >= 15 is 0 Å². The van der Waals surface area contributed by atoms with Crippen LogP contribution in [0.3, 0.4) is 0 Å². The lowest BCUT2D eigenvalue weighted by Gasteiger charge is -2.43. The molecule has 106 valence electrons. The third-order valence-electron chi connectivity index (χ3n) is 5.23. The van der Waals surface area contributed by atoms with Gasteiger partial charge in [-0.1, -0.05) is 12.8 Å². The van der Waals surface area contributed by atoms with Gasteiger partial charge in [0.15, 0.2) is 0 Å². The lowest BCUT2D eigenvalue weighted by Crippen LogP contribution is -2.59. The highest BCUT2D eigenvalue weighted by Crippen LogP contribution is 2.49. The maximum absolute atomic E-state index is 12.8. The van der Waals surface area contributed by atoms with Gasteiger partial charge in [0, 0.05) is 26.2 Å². The highest BCUT2D eigenvalue weighted by atomic mass is 16.5. The first-order chi connectivity index (χ1) is 9.14. The van der Waals surface area contributed by atoms with E-state index in [2.05, 4.69) is 0 Å². The van der Waals surface area contributed by atoms with Crippen molar-refractivity contribution in [1.82, 2.24) is 4.90 Å². The second-order valence-corrected chi connectivity index (χ2v) is 6.24. The minimum atomic E-state index is -0.488. The Morgan fingerprint density at radius 2 is 1.74 bits per heavy atom. The van der Waals surface area contributed by atoms with Gasteiger partial charge in [-0.05, 0) is 25.7 Å². The first-order valence-corrected chi connectivity index (χ1v) is 7.29. The average Bonchev–Trinajstić information content (AvgIpc) is 2.98. The first-order valence-electron chi connectivity index (χ1n) is 7.29. The van der Waals surface area contributed by atoms with Crippen molar-refractivity contribution in [3.8, 4) is 0 Å². The van der Waals surface area contributed by atoms with Gasteiger partial charge in [-0.15, -0.1) is 0 Å². The summed E-state index contributed by atoms with van der Waals surface area (Å²) in [6, 6.07) is 0. The summed E-state index contributed by atoms with van der Waals surface area (Å²) in [5, 5.41) is 0. The number of hydrogen-bond donors (Lipinski definition) is 1. The quantitative estimate of drug-likeness (QED) is 0.751. The van der Waals surface area contributed by atoms with Crippen LogP contribution in [0.5, 0.6) is 0 Å². The number of imide groups is 1. The summed E-state index contributed by atoms with van der Waals surface area (Å²) in [5.41, 5.74) is 5.05. The summed E-state index contributed by atoms with van der Waals surface area (Å²) in [7, 11) is 0. The molecule has 3 fully saturated rings. The number of amides is 2. The fourth-order valence-electron chi connectivity index (χ4n) is 3.99. The smallest absolute Gasteiger partial charge is 0.236 e. The standard InChI is InChI=1S/C14H22N2O3/c15-10-14(5-7-19-8-6-14)16-11(17)9-13(12(16)18)3-1-2-4-13/h1-10,15H2. The molecule has 19 heavy (non-hydrogen) atoms. The molecule has 2 saturated heterocycles. The molecule has 2 aliphatic heterocycles. The zero-order chi connectivity index (χ0) is 13.5. The molecule has 0 unspecified atom stereocenters. The molecule has 0 aromatic heterocycles. The van der Waals surface area contributed by atoms with E-state index in [0.717, 1.165) is 25.7 Å². The maximum atomic E-state index is 12.8.